The molecular weight excluding hydrogens is 360 g/mol. The average molecular weight is 380 g/mol. The Morgan fingerprint density at radius 1 is 1.11 bits per heavy atom. The van der Waals surface area contributed by atoms with Gasteiger partial charge in [0.25, 0.3) is 0 Å². The van der Waals surface area contributed by atoms with E-state index in [0.717, 1.165) is 5.56 Å². The van der Waals surface area contributed by atoms with E-state index in [2.05, 4.69) is 20.8 Å². The molecular formula is C20H20N4O4. The summed E-state index contributed by atoms with van der Waals surface area (Å²) in [4.78, 5) is 27.8. The molecule has 1 aromatic heterocycles. The van der Waals surface area contributed by atoms with Gasteiger partial charge in [-0.05, 0) is 18.2 Å². The normalized spacial score (nSPS) is 10.4. The zero-order valence-corrected chi connectivity index (χ0v) is 15.6. The fourth-order valence-corrected chi connectivity index (χ4v) is 2.58. The molecule has 2 aromatic carbocycles. The van der Waals surface area contributed by atoms with Crippen LogP contribution in [-0.4, -0.2) is 29.1 Å². The van der Waals surface area contributed by atoms with E-state index in [4.69, 9.17) is 9.26 Å². The molecule has 0 spiro atoms. The summed E-state index contributed by atoms with van der Waals surface area (Å²) in [5.74, 6) is 0.951. The van der Waals surface area contributed by atoms with Gasteiger partial charge >= 0.3 is 0 Å². The van der Waals surface area contributed by atoms with Crippen molar-refractivity contribution in [2.75, 3.05) is 17.7 Å². The number of carbonyl (C=O) groups excluding carboxylic acids is 2. The summed E-state index contributed by atoms with van der Waals surface area (Å²) in [5, 5.41) is 9.38. The lowest BCUT2D eigenvalue weighted by atomic mass is 10.2. The topological polar surface area (TPSA) is 106 Å². The van der Waals surface area contributed by atoms with Crippen LogP contribution in [0.1, 0.15) is 19.2 Å². The average Bonchev–Trinajstić information content (AvgIpc) is 3.16. The van der Waals surface area contributed by atoms with Crippen molar-refractivity contribution >= 4 is 23.2 Å². The number of ether oxygens (including phenoxy) is 1. The van der Waals surface area contributed by atoms with E-state index in [9.17, 15) is 9.59 Å². The van der Waals surface area contributed by atoms with Gasteiger partial charge < -0.3 is 19.9 Å². The summed E-state index contributed by atoms with van der Waals surface area (Å²) < 4.78 is 10.4. The molecule has 0 aliphatic heterocycles. The second kappa shape index (κ2) is 8.81. The number of amides is 2. The smallest absolute Gasteiger partial charge is 0.227 e. The van der Waals surface area contributed by atoms with Gasteiger partial charge in [-0.3, -0.25) is 9.59 Å². The van der Waals surface area contributed by atoms with Gasteiger partial charge in [0.1, 0.15) is 5.75 Å². The minimum atomic E-state index is -0.229. The number of rotatable bonds is 7. The summed E-state index contributed by atoms with van der Waals surface area (Å²) in [6.07, 6.45) is 0.498. The largest absolute Gasteiger partial charge is 0.495 e. The van der Waals surface area contributed by atoms with Gasteiger partial charge in [-0.15, -0.1) is 0 Å². The lowest BCUT2D eigenvalue weighted by Crippen LogP contribution is -2.13. The van der Waals surface area contributed by atoms with Crippen molar-refractivity contribution in [3.8, 4) is 17.1 Å². The van der Waals surface area contributed by atoms with Crippen LogP contribution in [-0.2, 0) is 16.0 Å². The van der Waals surface area contributed by atoms with E-state index in [1.165, 1.54) is 14.0 Å². The lowest BCUT2D eigenvalue weighted by Gasteiger charge is -2.11. The number of anilines is 2. The van der Waals surface area contributed by atoms with Crippen LogP contribution in [0.4, 0.5) is 11.4 Å². The van der Waals surface area contributed by atoms with Crippen molar-refractivity contribution in [1.82, 2.24) is 10.1 Å². The summed E-state index contributed by atoms with van der Waals surface area (Å²) in [7, 11) is 1.51. The van der Waals surface area contributed by atoms with Gasteiger partial charge in [-0.25, -0.2) is 0 Å². The van der Waals surface area contributed by atoms with Gasteiger partial charge in [0.2, 0.25) is 23.5 Å². The minimum Gasteiger partial charge on any atom is -0.495 e. The second-order valence-corrected chi connectivity index (χ2v) is 6.02. The Morgan fingerprint density at radius 2 is 1.89 bits per heavy atom. The molecule has 144 valence electrons. The molecule has 3 rings (SSSR count). The third-order valence-corrected chi connectivity index (χ3v) is 3.86. The van der Waals surface area contributed by atoms with Crippen LogP contribution in [0.5, 0.6) is 5.75 Å². The first-order valence-corrected chi connectivity index (χ1v) is 8.68. The molecule has 8 nitrogen and oxygen atoms in total. The summed E-state index contributed by atoms with van der Waals surface area (Å²) in [6, 6.07) is 14.5. The van der Waals surface area contributed by atoms with Gasteiger partial charge in [0, 0.05) is 31.0 Å². The standard InChI is InChI=1S/C20H20N4O4/c1-13(25)21-16-12-15(8-9-17(16)27-2)22-18(26)10-11-19-23-20(24-28-19)14-6-4-3-5-7-14/h3-9,12H,10-11H2,1-2H3,(H,21,25)(H,22,26). The molecule has 0 saturated heterocycles. The maximum Gasteiger partial charge on any atom is 0.227 e. The first-order chi connectivity index (χ1) is 13.5. The molecule has 2 N–H and O–H groups in total. The van der Waals surface area contributed by atoms with E-state index in [-0.39, 0.29) is 18.2 Å². The quantitative estimate of drug-likeness (QED) is 0.651. The number of aromatic nitrogens is 2. The Kier molecular flexibility index (Phi) is 6.01. The lowest BCUT2D eigenvalue weighted by molar-refractivity contribution is -0.116. The van der Waals surface area contributed by atoms with Gasteiger partial charge in [0.15, 0.2) is 0 Å². The fraction of sp³-hybridized carbons (Fsp3) is 0.200. The van der Waals surface area contributed by atoms with Crippen LogP contribution in [0.3, 0.4) is 0 Å². The molecule has 8 heteroatoms. The monoisotopic (exact) mass is 380 g/mol. The predicted octanol–water partition coefficient (Wildman–Crippen LogP) is 3.27. The molecule has 2 amide bonds. The van der Waals surface area contributed by atoms with E-state index in [0.29, 0.717) is 35.3 Å². The van der Waals surface area contributed by atoms with E-state index >= 15 is 0 Å². The second-order valence-electron chi connectivity index (χ2n) is 6.02. The highest BCUT2D eigenvalue weighted by Crippen LogP contribution is 2.28. The Morgan fingerprint density at radius 3 is 2.61 bits per heavy atom. The molecule has 0 unspecified atom stereocenters. The number of methoxy groups -OCH3 is 1. The van der Waals surface area contributed by atoms with Crippen molar-refractivity contribution < 1.29 is 18.8 Å². The number of nitrogens with zero attached hydrogens (tertiary/aromatic N) is 2. The van der Waals surface area contributed by atoms with Crippen molar-refractivity contribution in [3.05, 3.63) is 54.4 Å². The molecule has 0 aliphatic carbocycles. The van der Waals surface area contributed by atoms with Crippen LogP contribution in [0.15, 0.2) is 53.1 Å². The highest BCUT2D eigenvalue weighted by atomic mass is 16.5. The summed E-state index contributed by atoms with van der Waals surface area (Å²) >= 11 is 0. The highest BCUT2D eigenvalue weighted by Gasteiger charge is 2.12. The van der Waals surface area contributed by atoms with Crippen LogP contribution >= 0.6 is 0 Å². The van der Waals surface area contributed by atoms with E-state index in [1.807, 2.05) is 30.3 Å². The first-order valence-electron chi connectivity index (χ1n) is 8.68. The molecule has 0 aliphatic rings. The van der Waals surface area contributed by atoms with Crippen molar-refractivity contribution in [3.63, 3.8) is 0 Å². The maximum atomic E-state index is 12.2. The minimum absolute atomic E-state index is 0.178. The first kappa shape index (κ1) is 19.1. The van der Waals surface area contributed by atoms with Crippen LogP contribution in [0.2, 0.25) is 0 Å². The van der Waals surface area contributed by atoms with Crippen LogP contribution < -0.4 is 15.4 Å². The number of carbonyl (C=O) groups is 2. The van der Waals surface area contributed by atoms with Crippen LogP contribution in [0, 0.1) is 0 Å². The maximum absolute atomic E-state index is 12.2. The van der Waals surface area contributed by atoms with Crippen molar-refractivity contribution in [2.24, 2.45) is 0 Å². The van der Waals surface area contributed by atoms with Gasteiger partial charge in [-0.2, -0.15) is 4.98 Å². The van der Waals surface area contributed by atoms with Crippen LogP contribution in [0.25, 0.3) is 11.4 Å². The molecule has 0 bridgehead atoms. The van der Waals surface area contributed by atoms with E-state index < -0.39 is 0 Å². The van der Waals surface area contributed by atoms with Crippen molar-refractivity contribution in [1.29, 1.82) is 0 Å². The summed E-state index contributed by atoms with van der Waals surface area (Å²) in [6.45, 7) is 1.40. The molecule has 0 fully saturated rings. The number of nitrogens with one attached hydrogen (secondary N) is 2. The predicted molar refractivity (Wildman–Crippen MR) is 104 cm³/mol. The number of aryl methyl sites for hydroxylation is 1. The highest BCUT2D eigenvalue weighted by molar-refractivity contribution is 5.94. The molecule has 0 atom stereocenters. The van der Waals surface area contributed by atoms with Crippen molar-refractivity contribution in [2.45, 2.75) is 19.8 Å². The Bertz CT molecular complexity index is 969. The fourth-order valence-electron chi connectivity index (χ4n) is 2.58. The SMILES string of the molecule is COc1ccc(NC(=O)CCc2nc(-c3ccccc3)no2)cc1NC(C)=O. The zero-order valence-electron chi connectivity index (χ0n) is 15.6. The van der Waals surface area contributed by atoms with E-state index in [1.54, 1.807) is 18.2 Å². The zero-order chi connectivity index (χ0) is 19.9. The molecule has 28 heavy (non-hydrogen) atoms. The third kappa shape index (κ3) is 4.94. The summed E-state index contributed by atoms with van der Waals surface area (Å²) in [5.41, 5.74) is 1.88. The molecule has 0 radical (unpaired) electrons. The van der Waals surface area contributed by atoms with Gasteiger partial charge in [-0.1, -0.05) is 35.5 Å². The third-order valence-electron chi connectivity index (χ3n) is 3.86. The number of hydrogen-bond acceptors (Lipinski definition) is 6. The molecule has 3 aromatic rings. The Balaban J connectivity index is 1.59. The Labute approximate surface area is 161 Å². The molecule has 0 saturated carbocycles. The molecule has 1 heterocycles. The Hall–Kier alpha value is -3.68. The number of hydrogen-bond donors (Lipinski definition) is 2. The number of benzene rings is 2. The van der Waals surface area contributed by atoms with Gasteiger partial charge in [0.05, 0.1) is 12.8 Å².